The fraction of sp³-hybridized carbons (Fsp3) is 0. The third kappa shape index (κ3) is 0.689. The molecule has 0 fully saturated rings. The quantitative estimate of drug-likeness (QED) is 0.460. The first-order valence-corrected chi connectivity index (χ1v) is 2.96. The Morgan fingerprint density at radius 1 is 1.55 bits per heavy atom. The minimum absolute atomic E-state index is 0.242. The zero-order chi connectivity index (χ0) is 7.84. The van der Waals surface area contributed by atoms with Crippen molar-refractivity contribution in [3.63, 3.8) is 0 Å². The topological polar surface area (TPSA) is 100 Å². The van der Waals surface area contributed by atoms with E-state index in [2.05, 4.69) is 20.2 Å². The van der Waals surface area contributed by atoms with Crippen LogP contribution in [0.15, 0.2) is 11.1 Å². The normalized spacial score (nSPS) is 10.5. The van der Waals surface area contributed by atoms with E-state index in [9.17, 15) is 4.79 Å². The fourth-order valence-electron chi connectivity index (χ4n) is 0.867. The Labute approximate surface area is 60.5 Å². The molecule has 0 saturated heterocycles. The summed E-state index contributed by atoms with van der Waals surface area (Å²) in [5.41, 5.74) is 5.84. The van der Waals surface area contributed by atoms with Gasteiger partial charge in [-0.2, -0.15) is 5.10 Å². The van der Waals surface area contributed by atoms with Gasteiger partial charge in [-0.05, 0) is 0 Å². The van der Waals surface area contributed by atoms with Crippen LogP contribution in [0.4, 0.5) is 5.82 Å². The number of aromatic nitrogens is 4. The lowest BCUT2D eigenvalue weighted by molar-refractivity contribution is 1.10. The van der Waals surface area contributed by atoms with Gasteiger partial charge in [-0.25, -0.2) is 4.98 Å². The van der Waals surface area contributed by atoms with Crippen molar-refractivity contribution in [3.05, 3.63) is 16.7 Å². The number of hydrogen-bond donors (Lipinski definition) is 3. The van der Waals surface area contributed by atoms with Crippen LogP contribution < -0.4 is 11.3 Å². The molecule has 0 aliphatic rings. The van der Waals surface area contributed by atoms with Crippen molar-refractivity contribution in [1.29, 1.82) is 0 Å². The van der Waals surface area contributed by atoms with Crippen LogP contribution in [0, 0.1) is 0 Å². The van der Waals surface area contributed by atoms with Gasteiger partial charge in [-0.3, -0.25) is 9.89 Å². The van der Waals surface area contributed by atoms with Gasteiger partial charge in [0.05, 0.1) is 6.33 Å². The molecule has 11 heavy (non-hydrogen) atoms. The average Bonchev–Trinajstić information content (AvgIpc) is 2.35. The largest absolute Gasteiger partial charge is 0.380 e. The predicted molar refractivity (Wildman–Crippen MR) is 38.9 cm³/mol. The van der Waals surface area contributed by atoms with Crippen LogP contribution in [0.5, 0.6) is 0 Å². The number of hydrogen-bond acceptors (Lipinski definition) is 4. The first-order chi connectivity index (χ1) is 5.29. The SMILES string of the molecule is Nc1n[nH]c2c(=O)[nH]cnc12. The lowest BCUT2D eigenvalue weighted by Gasteiger charge is -1.84. The van der Waals surface area contributed by atoms with E-state index in [1.807, 2.05) is 0 Å². The van der Waals surface area contributed by atoms with Gasteiger partial charge >= 0.3 is 0 Å². The molecule has 4 N–H and O–H groups in total. The van der Waals surface area contributed by atoms with Crippen LogP contribution in [0.3, 0.4) is 0 Å². The third-order valence-electron chi connectivity index (χ3n) is 1.38. The summed E-state index contributed by atoms with van der Waals surface area (Å²) in [6, 6.07) is 0. The number of fused-ring (bicyclic) bond motifs is 1. The molecule has 0 aliphatic heterocycles. The molecule has 0 atom stereocenters. The van der Waals surface area contributed by atoms with Crippen molar-refractivity contribution in [2.75, 3.05) is 5.73 Å². The van der Waals surface area contributed by atoms with E-state index in [-0.39, 0.29) is 11.4 Å². The Balaban J connectivity index is 3.06. The Morgan fingerprint density at radius 3 is 3.09 bits per heavy atom. The van der Waals surface area contributed by atoms with Crippen LogP contribution in [0.2, 0.25) is 0 Å². The summed E-state index contributed by atoms with van der Waals surface area (Å²) in [4.78, 5) is 17.2. The van der Waals surface area contributed by atoms with E-state index in [1.54, 1.807) is 0 Å². The molecule has 2 rings (SSSR count). The average molecular weight is 151 g/mol. The number of aromatic amines is 2. The van der Waals surface area contributed by atoms with Gasteiger partial charge in [0.2, 0.25) is 0 Å². The highest BCUT2D eigenvalue weighted by Crippen LogP contribution is 2.07. The second-order valence-corrected chi connectivity index (χ2v) is 2.06. The minimum Gasteiger partial charge on any atom is -0.380 e. The lowest BCUT2D eigenvalue weighted by atomic mass is 10.4. The van der Waals surface area contributed by atoms with Crippen molar-refractivity contribution in [1.82, 2.24) is 20.2 Å². The van der Waals surface area contributed by atoms with E-state index in [0.29, 0.717) is 11.0 Å². The number of anilines is 1. The summed E-state index contributed by atoms with van der Waals surface area (Å²) >= 11 is 0. The van der Waals surface area contributed by atoms with Crippen molar-refractivity contribution in [3.8, 4) is 0 Å². The third-order valence-corrected chi connectivity index (χ3v) is 1.38. The molecule has 0 unspecified atom stereocenters. The molecule has 0 spiro atoms. The van der Waals surface area contributed by atoms with Crippen molar-refractivity contribution in [2.45, 2.75) is 0 Å². The summed E-state index contributed by atoms with van der Waals surface area (Å²) in [6.45, 7) is 0. The molecular formula is C5H5N5O. The maximum absolute atomic E-state index is 11.0. The molecule has 6 heteroatoms. The van der Waals surface area contributed by atoms with Gasteiger partial charge in [-0.1, -0.05) is 0 Å². The number of nitrogens with zero attached hydrogens (tertiary/aromatic N) is 2. The number of nitrogens with one attached hydrogen (secondary N) is 2. The van der Waals surface area contributed by atoms with E-state index in [1.165, 1.54) is 6.33 Å². The summed E-state index contributed by atoms with van der Waals surface area (Å²) in [6.07, 6.45) is 1.29. The highest BCUT2D eigenvalue weighted by Gasteiger charge is 2.04. The van der Waals surface area contributed by atoms with E-state index >= 15 is 0 Å². The predicted octanol–water partition coefficient (Wildman–Crippen LogP) is -0.772. The van der Waals surface area contributed by atoms with E-state index in [0.717, 1.165) is 0 Å². The molecule has 2 aromatic heterocycles. The Bertz CT molecular complexity index is 441. The zero-order valence-corrected chi connectivity index (χ0v) is 5.46. The van der Waals surface area contributed by atoms with Crippen LogP contribution in [0.25, 0.3) is 11.0 Å². The lowest BCUT2D eigenvalue weighted by Crippen LogP contribution is -2.05. The van der Waals surface area contributed by atoms with Gasteiger partial charge in [0.25, 0.3) is 5.56 Å². The molecule has 0 amide bonds. The Morgan fingerprint density at radius 2 is 2.36 bits per heavy atom. The first-order valence-electron chi connectivity index (χ1n) is 2.96. The van der Waals surface area contributed by atoms with Crippen molar-refractivity contribution >= 4 is 16.9 Å². The maximum Gasteiger partial charge on any atom is 0.276 e. The molecule has 56 valence electrons. The highest BCUT2D eigenvalue weighted by molar-refractivity contribution is 5.83. The number of nitrogens with two attached hydrogens (primary N) is 1. The maximum atomic E-state index is 11.0. The molecule has 0 aromatic carbocycles. The molecule has 6 nitrogen and oxygen atoms in total. The summed E-state index contributed by atoms with van der Waals surface area (Å²) in [5.74, 6) is 0.242. The number of H-pyrrole nitrogens is 2. The second kappa shape index (κ2) is 1.82. The monoisotopic (exact) mass is 151 g/mol. The zero-order valence-electron chi connectivity index (χ0n) is 5.46. The fourth-order valence-corrected chi connectivity index (χ4v) is 0.867. The standard InChI is InChI=1S/C5H5N5O/c6-4-2-3(9-10-4)5(11)8-1-7-2/h1H,(H3,6,9,10)(H,7,8,11). The molecule has 0 aliphatic carbocycles. The van der Waals surface area contributed by atoms with Crippen LogP contribution in [0.1, 0.15) is 0 Å². The molecule has 0 radical (unpaired) electrons. The summed E-state index contributed by atoms with van der Waals surface area (Å²) < 4.78 is 0. The van der Waals surface area contributed by atoms with Gasteiger partial charge in [0, 0.05) is 0 Å². The van der Waals surface area contributed by atoms with Crippen LogP contribution >= 0.6 is 0 Å². The van der Waals surface area contributed by atoms with Gasteiger partial charge in [0.15, 0.2) is 11.3 Å². The van der Waals surface area contributed by atoms with E-state index in [4.69, 9.17) is 5.73 Å². The summed E-state index contributed by atoms with van der Waals surface area (Å²) in [5, 5.41) is 6.10. The van der Waals surface area contributed by atoms with Gasteiger partial charge in [0.1, 0.15) is 5.52 Å². The van der Waals surface area contributed by atoms with Crippen LogP contribution in [-0.4, -0.2) is 20.2 Å². The number of nitrogen functional groups attached to an aromatic ring is 1. The minimum atomic E-state index is -0.265. The van der Waals surface area contributed by atoms with Crippen molar-refractivity contribution in [2.24, 2.45) is 0 Å². The van der Waals surface area contributed by atoms with Gasteiger partial charge in [-0.15, -0.1) is 0 Å². The molecule has 0 bridgehead atoms. The van der Waals surface area contributed by atoms with E-state index < -0.39 is 0 Å². The second-order valence-electron chi connectivity index (χ2n) is 2.06. The molecule has 2 heterocycles. The molecule has 0 saturated carbocycles. The highest BCUT2D eigenvalue weighted by atomic mass is 16.1. The van der Waals surface area contributed by atoms with Gasteiger partial charge < -0.3 is 10.7 Å². The first kappa shape index (κ1) is 5.90. The number of rotatable bonds is 0. The Kier molecular flexibility index (Phi) is 0.974. The molecule has 2 aromatic rings. The smallest absolute Gasteiger partial charge is 0.276 e. The molecular weight excluding hydrogens is 146 g/mol. The Hall–Kier alpha value is -1.85. The summed E-state index contributed by atoms with van der Waals surface area (Å²) in [7, 11) is 0. The van der Waals surface area contributed by atoms with Crippen LogP contribution in [-0.2, 0) is 0 Å². The van der Waals surface area contributed by atoms with Crippen molar-refractivity contribution < 1.29 is 0 Å².